The van der Waals surface area contributed by atoms with Crippen molar-refractivity contribution in [2.24, 2.45) is 0 Å². The van der Waals surface area contributed by atoms with Crippen LogP contribution in [0.25, 0.3) is 11.1 Å². The van der Waals surface area contributed by atoms with Gasteiger partial charge in [-0.3, -0.25) is 4.79 Å². The zero-order valence-electron chi connectivity index (χ0n) is 16.2. The van der Waals surface area contributed by atoms with Crippen LogP contribution < -0.4 is 10.1 Å². The molecule has 152 valence electrons. The number of rotatable bonds is 8. The fourth-order valence-electron chi connectivity index (χ4n) is 2.91. The van der Waals surface area contributed by atoms with Gasteiger partial charge in [-0.15, -0.1) is 42.0 Å². The Kier molecular flexibility index (Phi) is 10.0. The summed E-state index contributed by atoms with van der Waals surface area (Å²) in [4.78, 5) is 11.6. The minimum Gasteiger partial charge on any atom is -0.406 e. The summed E-state index contributed by atoms with van der Waals surface area (Å²) < 4.78 is 40.9. The summed E-state index contributed by atoms with van der Waals surface area (Å²) in [5, 5.41) is 2.78. The second-order valence-electron chi connectivity index (χ2n) is 6.16. The average Bonchev–Trinajstić information content (AvgIpc) is 2.66. The monoisotopic (exact) mass is 627 g/mol. The van der Waals surface area contributed by atoms with Crippen LogP contribution in [0, 0.1) is 44.1 Å². The molecule has 0 saturated carbocycles. The summed E-state index contributed by atoms with van der Waals surface area (Å²) in [6.45, 7) is 9.79. The third-order valence-corrected chi connectivity index (χ3v) is 4.14. The Labute approximate surface area is 193 Å². The van der Waals surface area contributed by atoms with Gasteiger partial charge in [-0.2, -0.15) is 12.0 Å². The number of ether oxygens (including phenoxy) is 1. The molecule has 2 rings (SSSR count). The first-order chi connectivity index (χ1) is 13.3. The molecular formula is C22H22F3NO2U. The van der Waals surface area contributed by atoms with Crippen LogP contribution in [-0.4, -0.2) is 12.3 Å². The molecule has 0 saturated heterocycles. The third kappa shape index (κ3) is 7.56. The largest absolute Gasteiger partial charge is 2.00 e. The predicted octanol–water partition coefficient (Wildman–Crippen LogP) is 5.18. The van der Waals surface area contributed by atoms with Gasteiger partial charge in [0.05, 0.1) is 0 Å². The Hall–Kier alpha value is -1.71. The fraction of sp³-hybridized carbons (Fsp3) is 0.273. The molecule has 29 heavy (non-hydrogen) atoms. The van der Waals surface area contributed by atoms with E-state index >= 15 is 0 Å². The van der Waals surface area contributed by atoms with Crippen LogP contribution in [0.5, 0.6) is 5.75 Å². The van der Waals surface area contributed by atoms with Gasteiger partial charge in [0.1, 0.15) is 5.75 Å². The summed E-state index contributed by atoms with van der Waals surface area (Å²) in [5.74, 6) is -0.559. The van der Waals surface area contributed by atoms with Gasteiger partial charge in [0.2, 0.25) is 5.91 Å². The van der Waals surface area contributed by atoms with E-state index in [0.29, 0.717) is 18.5 Å². The molecule has 0 unspecified atom stereocenters. The van der Waals surface area contributed by atoms with Crippen LogP contribution in [0.2, 0.25) is 0 Å². The second-order valence-corrected chi connectivity index (χ2v) is 6.16. The third-order valence-electron chi connectivity index (χ3n) is 4.14. The Morgan fingerprint density at radius 2 is 1.97 bits per heavy atom. The van der Waals surface area contributed by atoms with Crippen molar-refractivity contribution in [3.8, 4) is 16.9 Å². The molecule has 3 nitrogen and oxygen atoms in total. The van der Waals surface area contributed by atoms with E-state index in [1.807, 2.05) is 6.07 Å². The first-order valence-electron chi connectivity index (χ1n) is 8.90. The van der Waals surface area contributed by atoms with Crippen LogP contribution in [0.4, 0.5) is 13.2 Å². The minimum atomic E-state index is -4.73. The summed E-state index contributed by atoms with van der Waals surface area (Å²) in [6, 6.07) is 10.8. The molecule has 0 atom stereocenters. The van der Waals surface area contributed by atoms with Gasteiger partial charge in [0, 0.05) is 6.54 Å². The van der Waals surface area contributed by atoms with Crippen molar-refractivity contribution in [2.45, 2.75) is 39.1 Å². The molecule has 0 aliphatic rings. The van der Waals surface area contributed by atoms with Crippen molar-refractivity contribution in [1.82, 2.24) is 5.32 Å². The number of carbonyl (C=O) groups excluding carboxylic acids is 1. The molecule has 2 aromatic rings. The summed E-state index contributed by atoms with van der Waals surface area (Å²) in [6.07, 6.45) is -1.27. The quantitative estimate of drug-likeness (QED) is 0.324. The van der Waals surface area contributed by atoms with Crippen molar-refractivity contribution < 1.29 is 53.8 Å². The average molecular weight is 627 g/mol. The van der Waals surface area contributed by atoms with Crippen LogP contribution in [0.3, 0.4) is 0 Å². The van der Waals surface area contributed by atoms with E-state index in [0.717, 1.165) is 35.1 Å². The van der Waals surface area contributed by atoms with Gasteiger partial charge < -0.3 is 17.0 Å². The van der Waals surface area contributed by atoms with Crippen molar-refractivity contribution >= 4 is 5.91 Å². The van der Waals surface area contributed by atoms with Crippen molar-refractivity contribution in [1.29, 1.82) is 0 Å². The molecule has 1 N–H and O–H groups in total. The standard InChI is InChI=1S/C22H22F3NO2.U/c1-4-7-20-15(5-2)12-17(13-18(20)14-26-21(27)6-3)16-8-10-19(11-9-16)28-22(23,24)25;/h6,8-11,13H,2-5,7,14H2,1H3,(H,26,27);/q-2;+2. The Morgan fingerprint density at radius 3 is 2.48 bits per heavy atom. The van der Waals surface area contributed by atoms with E-state index in [4.69, 9.17) is 0 Å². The minimum absolute atomic E-state index is 0. The van der Waals surface area contributed by atoms with E-state index in [-0.39, 0.29) is 42.8 Å². The molecular weight excluding hydrogens is 605 g/mol. The molecule has 0 bridgehead atoms. The summed E-state index contributed by atoms with van der Waals surface area (Å²) in [7, 11) is 0. The van der Waals surface area contributed by atoms with Gasteiger partial charge >= 0.3 is 37.5 Å². The van der Waals surface area contributed by atoms with E-state index < -0.39 is 6.36 Å². The number of nitrogens with one attached hydrogen (secondary N) is 1. The van der Waals surface area contributed by atoms with Crippen LogP contribution in [0.1, 0.15) is 30.0 Å². The maximum atomic E-state index is 12.3. The SMILES string of the molecule is C=CC(=O)NCc1cc(-c2ccc(OC(F)(F)F)cc2)[c-]c(C[CH2-])c1CCC.[U+2]. The van der Waals surface area contributed by atoms with Gasteiger partial charge in [0.25, 0.3) is 0 Å². The first-order valence-corrected chi connectivity index (χ1v) is 8.90. The van der Waals surface area contributed by atoms with E-state index in [1.165, 1.54) is 18.2 Å². The molecule has 0 fully saturated rings. The summed E-state index contributed by atoms with van der Waals surface area (Å²) in [5.41, 5.74) is 4.36. The zero-order valence-corrected chi connectivity index (χ0v) is 20.3. The maximum Gasteiger partial charge on any atom is 2.00 e. The molecule has 1 amide bonds. The molecule has 0 heterocycles. The molecule has 0 spiro atoms. The number of amides is 1. The second kappa shape index (κ2) is 11.5. The number of hydrogen-bond donors (Lipinski definition) is 1. The van der Waals surface area contributed by atoms with E-state index in [2.05, 4.69) is 36.5 Å². The first kappa shape index (κ1) is 25.3. The zero-order chi connectivity index (χ0) is 20.7. The molecule has 0 aliphatic carbocycles. The summed E-state index contributed by atoms with van der Waals surface area (Å²) >= 11 is 0. The molecule has 2 aromatic carbocycles. The normalized spacial score (nSPS) is 10.8. The van der Waals surface area contributed by atoms with E-state index in [9.17, 15) is 18.0 Å². The smallest absolute Gasteiger partial charge is 0.406 e. The predicted molar refractivity (Wildman–Crippen MR) is 102 cm³/mol. The molecule has 0 radical (unpaired) electrons. The number of halogens is 3. The Bertz CT molecular complexity index is 833. The van der Waals surface area contributed by atoms with Crippen molar-refractivity contribution in [3.05, 3.63) is 72.7 Å². The van der Waals surface area contributed by atoms with Gasteiger partial charge in [0.15, 0.2) is 0 Å². The molecule has 7 heteroatoms. The van der Waals surface area contributed by atoms with Gasteiger partial charge in [-0.1, -0.05) is 44.0 Å². The van der Waals surface area contributed by atoms with Gasteiger partial charge in [-0.25, -0.2) is 0 Å². The number of benzene rings is 2. The Morgan fingerprint density at radius 1 is 1.31 bits per heavy atom. The topological polar surface area (TPSA) is 38.3 Å². The molecule has 0 aliphatic heterocycles. The van der Waals surface area contributed by atoms with Crippen molar-refractivity contribution in [3.63, 3.8) is 0 Å². The van der Waals surface area contributed by atoms with Crippen molar-refractivity contribution in [2.75, 3.05) is 0 Å². The van der Waals surface area contributed by atoms with Crippen LogP contribution in [-0.2, 0) is 24.2 Å². The number of alkyl halides is 3. The number of hydrogen-bond acceptors (Lipinski definition) is 2. The Balaban J connectivity index is 0.00000420. The fourth-order valence-corrected chi connectivity index (χ4v) is 2.91. The maximum absolute atomic E-state index is 12.3. The van der Waals surface area contributed by atoms with Crippen LogP contribution >= 0.6 is 0 Å². The van der Waals surface area contributed by atoms with Gasteiger partial charge in [-0.05, 0) is 18.2 Å². The number of carbonyl (C=O) groups is 1. The molecule has 0 aromatic heterocycles. The van der Waals surface area contributed by atoms with E-state index in [1.54, 1.807) is 12.1 Å². The van der Waals surface area contributed by atoms with Crippen LogP contribution in [0.15, 0.2) is 43.0 Å².